The molecule has 0 radical (unpaired) electrons. The molecule has 0 saturated heterocycles. The van der Waals surface area contributed by atoms with Crippen LogP contribution in [0.15, 0.2) is 24.3 Å². The molecule has 1 aliphatic heterocycles. The lowest BCUT2D eigenvalue weighted by Crippen LogP contribution is -2.38. The maximum atomic E-state index is 2.71. The van der Waals surface area contributed by atoms with Crippen LogP contribution in [0.1, 0.15) is 49.8 Å². The topological polar surface area (TPSA) is 3.24 Å². The van der Waals surface area contributed by atoms with E-state index in [4.69, 9.17) is 0 Å². The van der Waals surface area contributed by atoms with E-state index in [-0.39, 0.29) is 0 Å². The smallest absolute Gasteiger partial charge is 0.0379 e. The summed E-state index contributed by atoms with van der Waals surface area (Å²) in [6.07, 6.45) is 7.01. The number of nitrogens with zero attached hydrogens (tertiary/aromatic N) is 1. The molecule has 0 bridgehead atoms. The van der Waals surface area contributed by atoms with E-state index in [1.54, 1.807) is 11.1 Å². The summed E-state index contributed by atoms with van der Waals surface area (Å²) in [5.74, 6) is 0.913. The standard InChI is InChI=1S/C16H23N/c1-2-17-12-11-13-7-5-6-10-15(13)16(17)14-8-3-4-9-14/h5-7,10,14,16H,2-4,8-9,11-12H2,1H3. The van der Waals surface area contributed by atoms with Gasteiger partial charge in [-0.15, -0.1) is 0 Å². The summed E-state index contributed by atoms with van der Waals surface area (Å²) in [7, 11) is 0. The van der Waals surface area contributed by atoms with Gasteiger partial charge in [-0.1, -0.05) is 44.0 Å². The van der Waals surface area contributed by atoms with E-state index in [9.17, 15) is 0 Å². The van der Waals surface area contributed by atoms with Crippen molar-refractivity contribution < 1.29 is 0 Å². The molecule has 1 aromatic rings. The molecule has 0 spiro atoms. The van der Waals surface area contributed by atoms with Crippen molar-refractivity contribution in [3.05, 3.63) is 35.4 Å². The van der Waals surface area contributed by atoms with Gasteiger partial charge in [0.1, 0.15) is 0 Å². The number of rotatable bonds is 2. The normalized spacial score (nSPS) is 26.1. The van der Waals surface area contributed by atoms with Crippen LogP contribution in [0.3, 0.4) is 0 Å². The van der Waals surface area contributed by atoms with E-state index in [1.165, 1.54) is 45.2 Å². The Morgan fingerprint density at radius 3 is 2.71 bits per heavy atom. The van der Waals surface area contributed by atoms with Crippen LogP contribution < -0.4 is 0 Å². The summed E-state index contributed by atoms with van der Waals surface area (Å²) in [6, 6.07) is 9.85. The fraction of sp³-hybridized carbons (Fsp3) is 0.625. The van der Waals surface area contributed by atoms with Gasteiger partial charge >= 0.3 is 0 Å². The fourth-order valence-corrected chi connectivity index (χ4v) is 3.83. The predicted octanol–water partition coefficient (Wildman–Crippen LogP) is 3.80. The van der Waals surface area contributed by atoms with Crippen LogP contribution in [0.25, 0.3) is 0 Å². The van der Waals surface area contributed by atoms with Gasteiger partial charge in [-0.25, -0.2) is 0 Å². The lowest BCUT2D eigenvalue weighted by molar-refractivity contribution is 0.138. The maximum absolute atomic E-state index is 2.71. The van der Waals surface area contributed by atoms with Crippen molar-refractivity contribution >= 4 is 0 Å². The first-order valence-electron chi connectivity index (χ1n) is 7.22. The van der Waals surface area contributed by atoms with Gasteiger partial charge in [-0.2, -0.15) is 0 Å². The summed E-state index contributed by atoms with van der Waals surface area (Å²) in [5, 5.41) is 0. The first kappa shape index (κ1) is 11.3. The van der Waals surface area contributed by atoms with Crippen LogP contribution >= 0.6 is 0 Å². The Balaban J connectivity index is 1.95. The third-order valence-corrected chi connectivity index (χ3v) is 4.69. The van der Waals surface area contributed by atoms with E-state index in [2.05, 4.69) is 36.1 Å². The fourth-order valence-electron chi connectivity index (χ4n) is 3.83. The highest BCUT2D eigenvalue weighted by molar-refractivity contribution is 5.33. The summed E-state index contributed by atoms with van der Waals surface area (Å²) < 4.78 is 0. The van der Waals surface area contributed by atoms with Crippen molar-refractivity contribution in [3.63, 3.8) is 0 Å². The molecular weight excluding hydrogens is 206 g/mol. The van der Waals surface area contributed by atoms with E-state index in [0.29, 0.717) is 6.04 Å². The first-order chi connectivity index (χ1) is 8.40. The van der Waals surface area contributed by atoms with Crippen LogP contribution in [-0.2, 0) is 6.42 Å². The van der Waals surface area contributed by atoms with Gasteiger partial charge < -0.3 is 0 Å². The van der Waals surface area contributed by atoms with Gasteiger partial charge in [-0.05, 0) is 42.9 Å². The Hall–Kier alpha value is -0.820. The van der Waals surface area contributed by atoms with Gasteiger partial charge in [0.05, 0.1) is 0 Å². The highest BCUT2D eigenvalue weighted by Gasteiger charge is 2.33. The minimum absolute atomic E-state index is 0.715. The van der Waals surface area contributed by atoms with Gasteiger partial charge in [0.2, 0.25) is 0 Å². The molecule has 3 rings (SSSR count). The average Bonchev–Trinajstić information content (AvgIpc) is 2.91. The summed E-state index contributed by atoms with van der Waals surface area (Å²) in [6.45, 7) is 4.78. The zero-order valence-electron chi connectivity index (χ0n) is 10.9. The molecule has 1 saturated carbocycles. The third-order valence-electron chi connectivity index (χ3n) is 4.69. The second kappa shape index (κ2) is 4.81. The first-order valence-corrected chi connectivity index (χ1v) is 7.22. The number of benzene rings is 1. The summed E-state index contributed by atoms with van der Waals surface area (Å²) in [4.78, 5) is 2.71. The zero-order chi connectivity index (χ0) is 11.7. The number of likely N-dealkylation sites (N-methyl/N-ethyl adjacent to an activating group) is 1. The highest BCUT2D eigenvalue weighted by Crippen LogP contribution is 2.42. The van der Waals surface area contributed by atoms with Gasteiger partial charge in [0.25, 0.3) is 0 Å². The molecule has 0 N–H and O–H groups in total. The maximum Gasteiger partial charge on any atom is 0.0379 e. The molecule has 1 heterocycles. The van der Waals surface area contributed by atoms with E-state index in [1.807, 2.05) is 0 Å². The van der Waals surface area contributed by atoms with Crippen molar-refractivity contribution in [3.8, 4) is 0 Å². The Morgan fingerprint density at radius 2 is 1.94 bits per heavy atom. The molecule has 2 aliphatic rings. The molecule has 92 valence electrons. The van der Waals surface area contributed by atoms with Gasteiger partial charge in [0.15, 0.2) is 0 Å². The van der Waals surface area contributed by atoms with Crippen molar-refractivity contribution in [1.29, 1.82) is 0 Å². The van der Waals surface area contributed by atoms with Crippen molar-refractivity contribution in [2.45, 2.75) is 45.1 Å². The molecule has 1 aromatic carbocycles. The van der Waals surface area contributed by atoms with Crippen LogP contribution in [0.4, 0.5) is 0 Å². The Bertz CT molecular complexity index is 379. The summed E-state index contributed by atoms with van der Waals surface area (Å²) >= 11 is 0. The van der Waals surface area contributed by atoms with Gasteiger partial charge in [-0.3, -0.25) is 4.90 Å². The zero-order valence-corrected chi connectivity index (χ0v) is 10.9. The molecule has 1 atom stereocenters. The van der Waals surface area contributed by atoms with Gasteiger partial charge in [0, 0.05) is 12.6 Å². The Kier molecular flexibility index (Phi) is 3.19. The van der Waals surface area contributed by atoms with Crippen molar-refractivity contribution in [1.82, 2.24) is 4.90 Å². The van der Waals surface area contributed by atoms with Crippen LogP contribution in [-0.4, -0.2) is 18.0 Å². The molecule has 1 heteroatoms. The summed E-state index contributed by atoms with van der Waals surface area (Å²) in [5.41, 5.74) is 3.24. The second-order valence-electron chi connectivity index (χ2n) is 5.57. The largest absolute Gasteiger partial charge is 0.296 e. The molecule has 0 aromatic heterocycles. The molecule has 0 amide bonds. The predicted molar refractivity (Wildman–Crippen MR) is 72.1 cm³/mol. The highest BCUT2D eigenvalue weighted by atomic mass is 15.2. The lowest BCUT2D eigenvalue weighted by atomic mass is 9.84. The SMILES string of the molecule is CCN1CCc2ccccc2C1C1CCCC1. The van der Waals surface area contributed by atoms with Crippen molar-refractivity contribution in [2.75, 3.05) is 13.1 Å². The number of hydrogen-bond donors (Lipinski definition) is 0. The van der Waals surface area contributed by atoms with Crippen LogP contribution in [0.5, 0.6) is 0 Å². The molecule has 1 unspecified atom stereocenters. The molecule has 1 fully saturated rings. The lowest BCUT2D eigenvalue weighted by Gasteiger charge is -2.40. The number of hydrogen-bond acceptors (Lipinski definition) is 1. The Labute approximate surface area is 105 Å². The van der Waals surface area contributed by atoms with E-state index < -0.39 is 0 Å². The molecule has 1 nitrogen and oxygen atoms in total. The Morgan fingerprint density at radius 1 is 1.18 bits per heavy atom. The quantitative estimate of drug-likeness (QED) is 0.745. The van der Waals surface area contributed by atoms with Crippen LogP contribution in [0, 0.1) is 5.92 Å². The molecular formula is C16H23N. The van der Waals surface area contributed by atoms with Crippen molar-refractivity contribution in [2.24, 2.45) is 5.92 Å². The second-order valence-corrected chi connectivity index (χ2v) is 5.57. The minimum Gasteiger partial charge on any atom is -0.296 e. The minimum atomic E-state index is 0.715. The van der Waals surface area contributed by atoms with E-state index >= 15 is 0 Å². The number of fused-ring (bicyclic) bond motifs is 1. The van der Waals surface area contributed by atoms with E-state index in [0.717, 1.165) is 5.92 Å². The monoisotopic (exact) mass is 229 g/mol. The van der Waals surface area contributed by atoms with Crippen LogP contribution in [0.2, 0.25) is 0 Å². The molecule has 17 heavy (non-hydrogen) atoms. The third kappa shape index (κ3) is 2.01. The average molecular weight is 229 g/mol. The molecule has 1 aliphatic carbocycles.